The fourth-order valence-electron chi connectivity index (χ4n) is 3.39. The second-order valence-corrected chi connectivity index (χ2v) is 6.58. The first kappa shape index (κ1) is 20.3. The number of hydrogen-bond donors (Lipinski definition) is 1. The summed E-state index contributed by atoms with van der Waals surface area (Å²) in [6, 6.07) is 9.30. The summed E-state index contributed by atoms with van der Waals surface area (Å²) < 4.78 is 23.6. The van der Waals surface area contributed by atoms with Gasteiger partial charge in [0.1, 0.15) is 11.4 Å². The molecule has 0 bridgehead atoms. The minimum absolute atomic E-state index is 0.254. The molecule has 3 amide bonds. The highest BCUT2D eigenvalue weighted by Gasteiger charge is 2.51. The van der Waals surface area contributed by atoms with E-state index in [0.717, 1.165) is 4.90 Å². The fourth-order valence-corrected chi connectivity index (χ4v) is 3.39. The first-order chi connectivity index (χ1) is 13.9. The molecule has 1 heterocycles. The Hall–Kier alpha value is -3.42. The van der Waals surface area contributed by atoms with Crippen molar-refractivity contribution in [2.45, 2.75) is 18.9 Å². The SMILES string of the molecule is CC[C@@]1(c2ccc(F)cc2)NC(=O)N(CC(=O)c2ccc(OC)c(OC)c2)C1=O. The Morgan fingerprint density at radius 1 is 1.07 bits per heavy atom. The van der Waals surface area contributed by atoms with Crippen molar-refractivity contribution in [3.63, 3.8) is 0 Å². The fraction of sp³-hybridized carbons (Fsp3) is 0.286. The van der Waals surface area contributed by atoms with E-state index in [-0.39, 0.29) is 12.0 Å². The average molecular weight is 400 g/mol. The largest absolute Gasteiger partial charge is 0.493 e. The lowest BCUT2D eigenvalue weighted by atomic mass is 9.87. The molecule has 2 aromatic carbocycles. The summed E-state index contributed by atoms with van der Waals surface area (Å²) in [6.45, 7) is 1.31. The highest BCUT2D eigenvalue weighted by molar-refractivity contribution is 6.11. The van der Waals surface area contributed by atoms with E-state index in [1.165, 1.54) is 50.6 Å². The Bertz CT molecular complexity index is 960. The van der Waals surface area contributed by atoms with Gasteiger partial charge in [0.2, 0.25) is 0 Å². The highest BCUT2D eigenvalue weighted by atomic mass is 19.1. The molecular formula is C21H21FN2O5. The number of halogens is 1. The monoisotopic (exact) mass is 400 g/mol. The maximum absolute atomic E-state index is 13.3. The number of benzene rings is 2. The number of amides is 3. The van der Waals surface area contributed by atoms with Crippen LogP contribution in [0.25, 0.3) is 0 Å². The number of ketones is 1. The van der Waals surface area contributed by atoms with Gasteiger partial charge in [-0.2, -0.15) is 0 Å². The quantitative estimate of drug-likeness (QED) is 0.571. The van der Waals surface area contributed by atoms with E-state index in [9.17, 15) is 18.8 Å². The van der Waals surface area contributed by atoms with Gasteiger partial charge in [-0.3, -0.25) is 14.5 Å². The lowest BCUT2D eigenvalue weighted by Crippen LogP contribution is -2.43. The van der Waals surface area contributed by atoms with Gasteiger partial charge in [-0.1, -0.05) is 19.1 Å². The van der Waals surface area contributed by atoms with Crippen LogP contribution in [0.5, 0.6) is 11.5 Å². The minimum atomic E-state index is -1.33. The van der Waals surface area contributed by atoms with E-state index in [1.54, 1.807) is 13.0 Å². The van der Waals surface area contributed by atoms with Crippen LogP contribution in [0.4, 0.5) is 9.18 Å². The zero-order valence-corrected chi connectivity index (χ0v) is 16.3. The Morgan fingerprint density at radius 2 is 1.72 bits per heavy atom. The van der Waals surface area contributed by atoms with Crippen LogP contribution in [0.15, 0.2) is 42.5 Å². The number of ether oxygens (including phenoxy) is 2. The number of nitrogens with one attached hydrogen (secondary N) is 1. The zero-order chi connectivity index (χ0) is 21.2. The molecule has 0 saturated carbocycles. The van der Waals surface area contributed by atoms with Crippen LogP contribution in [0, 0.1) is 5.82 Å². The van der Waals surface area contributed by atoms with E-state index in [2.05, 4.69) is 5.32 Å². The number of nitrogens with zero attached hydrogens (tertiary/aromatic N) is 1. The average Bonchev–Trinajstić information content (AvgIpc) is 2.98. The van der Waals surface area contributed by atoms with Crippen molar-refractivity contribution in [3.05, 3.63) is 59.4 Å². The second-order valence-electron chi connectivity index (χ2n) is 6.58. The number of urea groups is 1. The number of Topliss-reactive ketones (excluding diaryl/α,β-unsaturated/α-hetero) is 1. The van der Waals surface area contributed by atoms with Gasteiger partial charge in [-0.15, -0.1) is 0 Å². The molecule has 1 atom stereocenters. The van der Waals surface area contributed by atoms with Crippen LogP contribution in [-0.2, 0) is 10.3 Å². The third-order valence-corrected chi connectivity index (χ3v) is 5.05. The molecule has 0 unspecified atom stereocenters. The number of carbonyl (C=O) groups is 3. The van der Waals surface area contributed by atoms with E-state index in [4.69, 9.17) is 9.47 Å². The predicted molar refractivity (Wildman–Crippen MR) is 102 cm³/mol. The van der Waals surface area contributed by atoms with Gasteiger partial charge in [0.15, 0.2) is 17.3 Å². The lowest BCUT2D eigenvalue weighted by Gasteiger charge is -2.25. The van der Waals surface area contributed by atoms with E-state index in [0.29, 0.717) is 17.1 Å². The van der Waals surface area contributed by atoms with E-state index < -0.39 is 35.6 Å². The number of rotatable bonds is 7. The molecule has 1 aliphatic rings. The van der Waals surface area contributed by atoms with Crippen molar-refractivity contribution in [2.24, 2.45) is 0 Å². The van der Waals surface area contributed by atoms with Crippen molar-refractivity contribution in [2.75, 3.05) is 20.8 Å². The summed E-state index contributed by atoms with van der Waals surface area (Å²) in [5.74, 6) is -0.603. The second kappa shape index (κ2) is 7.90. The molecule has 8 heteroatoms. The minimum Gasteiger partial charge on any atom is -0.493 e. The number of methoxy groups -OCH3 is 2. The van der Waals surface area contributed by atoms with Gasteiger partial charge < -0.3 is 14.8 Å². The molecule has 1 saturated heterocycles. The van der Waals surface area contributed by atoms with Gasteiger partial charge in [0.05, 0.1) is 20.8 Å². The molecule has 0 aromatic heterocycles. The van der Waals surface area contributed by atoms with E-state index in [1.807, 2.05) is 0 Å². The predicted octanol–water partition coefficient (Wildman–Crippen LogP) is 2.88. The molecule has 0 radical (unpaired) electrons. The first-order valence-electron chi connectivity index (χ1n) is 9.01. The smallest absolute Gasteiger partial charge is 0.325 e. The number of carbonyl (C=O) groups excluding carboxylic acids is 3. The lowest BCUT2D eigenvalue weighted by molar-refractivity contribution is -0.131. The van der Waals surface area contributed by atoms with Gasteiger partial charge in [-0.05, 0) is 42.3 Å². The molecule has 0 aliphatic carbocycles. The molecule has 3 rings (SSSR count). The van der Waals surface area contributed by atoms with Crippen molar-refractivity contribution in [1.29, 1.82) is 0 Å². The Balaban J connectivity index is 1.86. The summed E-state index contributed by atoms with van der Waals surface area (Å²) in [5, 5.41) is 2.67. The van der Waals surface area contributed by atoms with Crippen LogP contribution >= 0.6 is 0 Å². The Kier molecular flexibility index (Phi) is 5.54. The molecule has 152 valence electrons. The molecule has 1 fully saturated rings. The summed E-state index contributed by atoms with van der Waals surface area (Å²) >= 11 is 0. The summed E-state index contributed by atoms with van der Waals surface area (Å²) in [7, 11) is 2.92. The Morgan fingerprint density at radius 3 is 2.31 bits per heavy atom. The first-order valence-corrected chi connectivity index (χ1v) is 9.01. The molecule has 1 aliphatic heterocycles. The molecular weight excluding hydrogens is 379 g/mol. The molecule has 29 heavy (non-hydrogen) atoms. The van der Waals surface area contributed by atoms with Crippen LogP contribution < -0.4 is 14.8 Å². The van der Waals surface area contributed by atoms with Crippen LogP contribution in [0.1, 0.15) is 29.3 Å². The highest BCUT2D eigenvalue weighted by Crippen LogP contribution is 2.33. The molecule has 0 spiro atoms. The van der Waals surface area contributed by atoms with Gasteiger partial charge in [-0.25, -0.2) is 9.18 Å². The third kappa shape index (κ3) is 3.53. The van der Waals surface area contributed by atoms with Gasteiger partial charge >= 0.3 is 6.03 Å². The van der Waals surface area contributed by atoms with Crippen molar-refractivity contribution in [3.8, 4) is 11.5 Å². The number of hydrogen-bond acceptors (Lipinski definition) is 5. The number of imide groups is 1. The zero-order valence-electron chi connectivity index (χ0n) is 16.3. The Labute approximate surface area is 167 Å². The van der Waals surface area contributed by atoms with Crippen LogP contribution in [0.3, 0.4) is 0 Å². The summed E-state index contributed by atoms with van der Waals surface area (Å²) in [4.78, 5) is 39.2. The van der Waals surface area contributed by atoms with Crippen molar-refractivity contribution >= 4 is 17.7 Å². The maximum atomic E-state index is 13.3. The maximum Gasteiger partial charge on any atom is 0.325 e. The molecule has 2 aromatic rings. The standard InChI is InChI=1S/C21H21FN2O5/c1-4-21(14-6-8-15(22)9-7-14)19(26)24(20(27)23-21)12-16(25)13-5-10-17(28-2)18(11-13)29-3/h5-11H,4,12H2,1-3H3,(H,23,27)/t21-/m0/s1. The normalized spacial score (nSPS) is 18.6. The van der Waals surface area contributed by atoms with E-state index >= 15 is 0 Å². The van der Waals surface area contributed by atoms with Crippen LogP contribution in [0.2, 0.25) is 0 Å². The van der Waals surface area contributed by atoms with Crippen molar-refractivity contribution < 1.29 is 28.2 Å². The topological polar surface area (TPSA) is 84.9 Å². The molecule has 1 N–H and O–H groups in total. The van der Waals surface area contributed by atoms with Gasteiger partial charge in [0.25, 0.3) is 5.91 Å². The summed E-state index contributed by atoms with van der Waals surface area (Å²) in [6.07, 6.45) is 0.254. The third-order valence-electron chi connectivity index (χ3n) is 5.05. The van der Waals surface area contributed by atoms with Crippen molar-refractivity contribution in [1.82, 2.24) is 10.2 Å². The van der Waals surface area contributed by atoms with Crippen LogP contribution in [-0.4, -0.2) is 43.4 Å². The molecule has 7 nitrogen and oxygen atoms in total. The van der Waals surface area contributed by atoms with Gasteiger partial charge in [0, 0.05) is 5.56 Å². The summed E-state index contributed by atoms with van der Waals surface area (Å²) in [5.41, 5.74) is -0.595.